The molecule has 0 radical (unpaired) electrons. The van der Waals surface area contributed by atoms with Gasteiger partial charge in [-0.25, -0.2) is 5.43 Å². The first-order valence-corrected chi connectivity index (χ1v) is 25.3. The average molecular weight is 959 g/mol. The number of aromatic nitrogens is 2. The summed E-state index contributed by atoms with van der Waals surface area (Å²) in [4.78, 5) is 79.0. The molecule has 4 aliphatic heterocycles. The van der Waals surface area contributed by atoms with Crippen LogP contribution in [0.2, 0.25) is 0 Å². The first-order chi connectivity index (χ1) is 33.5. The van der Waals surface area contributed by atoms with Crippen LogP contribution in [-0.2, 0) is 52.8 Å². The van der Waals surface area contributed by atoms with Gasteiger partial charge in [0, 0.05) is 80.9 Å². The Morgan fingerprint density at radius 2 is 1.81 bits per heavy atom. The number of ether oxygens (including phenoxy) is 2. The number of methoxy groups -OCH3 is 1. The highest BCUT2D eigenvalue weighted by atomic mass is 16.5. The van der Waals surface area contributed by atoms with Gasteiger partial charge in [0.1, 0.15) is 29.9 Å². The van der Waals surface area contributed by atoms with Gasteiger partial charge in [-0.3, -0.25) is 39.3 Å². The number of pyridine rings is 1. The summed E-state index contributed by atoms with van der Waals surface area (Å²) in [6, 6.07) is 12.7. The van der Waals surface area contributed by atoms with E-state index in [-0.39, 0.29) is 61.2 Å². The van der Waals surface area contributed by atoms with Crippen molar-refractivity contribution < 1.29 is 38.6 Å². The molecule has 4 N–H and O–H groups in total. The fraction of sp³-hybridized carbons (Fsp3) is 0.556. The number of cyclic esters (lactones) is 1. The third-order valence-corrected chi connectivity index (χ3v) is 15.2. The topological polar surface area (TPSA) is 198 Å². The van der Waals surface area contributed by atoms with Crippen LogP contribution in [0.25, 0.3) is 33.3 Å². The standard InChI is InChI=1S/C54H70N8O8/c1-9-61-43-17-16-34-26-39(43)40(48(61)38-12-10-19-55-44(38)31(4)69-8)27-54(5,6)29-70-53(68)41-13-11-20-62(58-41)51(66)42(24-32-22-36(34)25-37(63)23-32)56-49(64)47(30(2)3)59(7)50(65)35-18-21-60(28-35)52(67)46-45(57-46)33-14-15-33/h10,12,16-17,19,22-23,25-26,30-31,33,35,41-42,45-47,57-58,63H,9,11,13-15,18,20-21,24,27-29H2,1-8H3,(H,56,64)/t31-,35-,41-,42-,45+,46+,47?/m0/s1. The highest BCUT2D eigenvalue weighted by molar-refractivity contribution is 5.96. The molecule has 7 atom stereocenters. The number of nitrogens with one attached hydrogen (secondary N) is 3. The van der Waals surface area contributed by atoms with Crippen LogP contribution in [0.15, 0.2) is 54.7 Å². The fourth-order valence-electron chi connectivity index (χ4n) is 11.3. The highest BCUT2D eigenvalue weighted by Gasteiger charge is 2.53. The summed E-state index contributed by atoms with van der Waals surface area (Å²) in [7, 11) is 3.30. The van der Waals surface area contributed by atoms with Gasteiger partial charge in [0.05, 0.1) is 30.0 Å². The molecule has 16 nitrogen and oxygen atoms in total. The number of fused-ring (bicyclic) bond motifs is 6. The average Bonchev–Trinajstić information content (AvgIpc) is 4.27. The number of aromatic hydroxyl groups is 1. The molecule has 2 aromatic carbocycles. The van der Waals surface area contributed by atoms with Gasteiger partial charge in [-0.1, -0.05) is 39.8 Å². The number of hydrazine groups is 1. The fourth-order valence-corrected chi connectivity index (χ4v) is 11.3. The number of amides is 4. The van der Waals surface area contributed by atoms with Crippen molar-refractivity contribution in [2.24, 2.45) is 23.2 Å². The third kappa shape index (κ3) is 9.91. The number of nitrogens with zero attached hydrogens (tertiary/aromatic N) is 5. The zero-order valence-electron chi connectivity index (χ0n) is 41.9. The molecule has 1 aliphatic carbocycles. The molecule has 4 fully saturated rings. The van der Waals surface area contributed by atoms with Crippen molar-refractivity contribution in [3.8, 4) is 28.1 Å². The Bertz CT molecular complexity index is 2680. The van der Waals surface area contributed by atoms with E-state index in [0.29, 0.717) is 56.8 Å². The second-order valence-corrected chi connectivity index (χ2v) is 21.4. The van der Waals surface area contributed by atoms with Gasteiger partial charge in [0.15, 0.2) is 0 Å². The molecule has 0 spiro atoms. The minimum atomic E-state index is -1.16. The maximum atomic E-state index is 14.8. The van der Waals surface area contributed by atoms with E-state index in [1.54, 1.807) is 37.4 Å². The quantitative estimate of drug-likeness (QED) is 0.109. The maximum Gasteiger partial charge on any atom is 0.324 e. The van der Waals surface area contributed by atoms with Crippen molar-refractivity contribution >= 4 is 40.5 Å². The molecule has 1 unspecified atom stereocenters. The Morgan fingerprint density at radius 3 is 2.54 bits per heavy atom. The summed E-state index contributed by atoms with van der Waals surface area (Å²) >= 11 is 0. The maximum absolute atomic E-state index is 14.8. The van der Waals surface area contributed by atoms with Crippen molar-refractivity contribution in [2.75, 3.05) is 40.4 Å². The number of hydrogen-bond donors (Lipinski definition) is 4. The molecule has 16 heteroatoms. The lowest BCUT2D eigenvalue weighted by atomic mass is 9.84. The Balaban J connectivity index is 1.06. The lowest BCUT2D eigenvalue weighted by molar-refractivity contribution is -0.155. The number of likely N-dealkylation sites (tertiary alicyclic amines) is 1. The van der Waals surface area contributed by atoms with E-state index in [4.69, 9.17) is 14.5 Å². The van der Waals surface area contributed by atoms with Crippen molar-refractivity contribution in [1.82, 2.24) is 40.4 Å². The number of carbonyl (C=O) groups is 5. The molecule has 1 saturated carbocycles. The van der Waals surface area contributed by atoms with Crippen LogP contribution >= 0.6 is 0 Å². The summed E-state index contributed by atoms with van der Waals surface area (Å²) in [5.41, 5.74) is 9.60. The predicted molar refractivity (Wildman–Crippen MR) is 265 cm³/mol. The number of hydrogen-bond acceptors (Lipinski definition) is 11. The first-order valence-electron chi connectivity index (χ1n) is 25.3. The summed E-state index contributed by atoms with van der Waals surface area (Å²) in [6.45, 7) is 13.8. The molecular formula is C54H70N8O8. The minimum Gasteiger partial charge on any atom is -0.508 e. The second-order valence-electron chi connectivity index (χ2n) is 21.4. The van der Waals surface area contributed by atoms with Crippen molar-refractivity contribution in [1.29, 1.82) is 0 Å². The van der Waals surface area contributed by atoms with E-state index in [2.05, 4.69) is 59.6 Å². The number of rotatable bonds is 11. The van der Waals surface area contributed by atoms with Gasteiger partial charge in [-0.15, -0.1) is 0 Å². The van der Waals surface area contributed by atoms with E-state index < -0.39 is 47.2 Å². The van der Waals surface area contributed by atoms with Crippen LogP contribution < -0.4 is 16.1 Å². The van der Waals surface area contributed by atoms with E-state index >= 15 is 0 Å². The SMILES string of the molecule is CCn1c(-c2cccnc2[C@H](C)OC)c2c3cc(ccc31)-c1cc(O)cc(c1)C[C@H](NC(=O)C(C(C)C)N(C)C(=O)[C@H]1CCN(C(=O)[C@@H]3N[C@@H]3C3CC3)C1)C(=O)N1CCC[C@H](N1)C(=O)OCC(C)(C)C2. The number of carbonyl (C=O) groups excluding carboxylic acids is 5. The van der Waals surface area contributed by atoms with Crippen molar-refractivity contribution in [2.45, 2.75) is 129 Å². The second kappa shape index (κ2) is 19.7. The lowest BCUT2D eigenvalue weighted by Crippen LogP contribution is -2.62. The van der Waals surface area contributed by atoms with E-state index in [1.807, 2.05) is 39.0 Å². The molecular weight excluding hydrogens is 889 g/mol. The van der Waals surface area contributed by atoms with Gasteiger partial charge in [-0.05, 0) is 123 Å². The summed E-state index contributed by atoms with van der Waals surface area (Å²) in [5, 5.41) is 20.2. The molecule has 4 amide bonds. The number of aryl methyl sites for hydroxylation is 1. The molecule has 5 aliphatic rings. The molecule has 6 bridgehead atoms. The summed E-state index contributed by atoms with van der Waals surface area (Å²) < 4.78 is 14.2. The van der Waals surface area contributed by atoms with E-state index in [1.165, 1.54) is 9.91 Å². The number of likely N-dealkylation sites (N-methyl/N-ethyl adjacent to an activating group) is 1. The molecule has 2 aromatic heterocycles. The molecule has 374 valence electrons. The van der Waals surface area contributed by atoms with Gasteiger partial charge in [0.2, 0.25) is 17.7 Å². The number of esters is 1. The van der Waals surface area contributed by atoms with Crippen LogP contribution in [-0.4, -0.2) is 130 Å². The van der Waals surface area contributed by atoms with Gasteiger partial charge in [0.25, 0.3) is 5.91 Å². The van der Waals surface area contributed by atoms with Crippen LogP contribution in [0.1, 0.15) is 96.6 Å². The zero-order valence-corrected chi connectivity index (χ0v) is 41.9. The lowest BCUT2D eigenvalue weighted by Gasteiger charge is -2.37. The van der Waals surface area contributed by atoms with Gasteiger partial charge < -0.3 is 34.3 Å². The smallest absolute Gasteiger partial charge is 0.324 e. The van der Waals surface area contributed by atoms with Gasteiger partial charge in [-0.2, -0.15) is 0 Å². The van der Waals surface area contributed by atoms with Gasteiger partial charge >= 0.3 is 5.97 Å². The largest absolute Gasteiger partial charge is 0.508 e. The minimum absolute atomic E-state index is 0.00198. The number of phenols is 1. The molecule has 9 rings (SSSR count). The third-order valence-electron chi connectivity index (χ3n) is 15.2. The van der Waals surface area contributed by atoms with Crippen LogP contribution in [0.5, 0.6) is 5.75 Å². The van der Waals surface area contributed by atoms with Crippen LogP contribution in [0.3, 0.4) is 0 Å². The molecule has 3 saturated heterocycles. The molecule has 4 aromatic rings. The number of benzene rings is 2. The predicted octanol–water partition coefficient (Wildman–Crippen LogP) is 5.53. The Morgan fingerprint density at radius 1 is 1.03 bits per heavy atom. The van der Waals surface area contributed by atoms with Crippen molar-refractivity contribution in [3.63, 3.8) is 0 Å². The van der Waals surface area contributed by atoms with Crippen LogP contribution in [0, 0.1) is 23.2 Å². The number of phenolic OH excluding ortho intramolecular Hbond substituents is 1. The molecule has 6 heterocycles. The zero-order chi connectivity index (χ0) is 49.8. The summed E-state index contributed by atoms with van der Waals surface area (Å²) in [5.74, 6) is -1.86. The normalized spacial score (nSPS) is 24.5. The van der Waals surface area contributed by atoms with Crippen molar-refractivity contribution in [3.05, 3.63) is 71.5 Å². The Hall–Kier alpha value is -5.84. The monoisotopic (exact) mass is 959 g/mol. The highest BCUT2D eigenvalue weighted by Crippen LogP contribution is 2.43. The van der Waals surface area contributed by atoms with Crippen LogP contribution in [0.4, 0.5) is 0 Å². The summed E-state index contributed by atoms with van der Waals surface area (Å²) in [6.07, 6.45) is 5.79. The Labute approximate surface area is 410 Å². The van der Waals surface area contributed by atoms with E-state index in [9.17, 15) is 29.1 Å². The first kappa shape index (κ1) is 49.2. The Kier molecular flexibility index (Phi) is 13.9. The molecule has 70 heavy (non-hydrogen) atoms. The van der Waals surface area contributed by atoms with E-state index in [0.717, 1.165) is 57.4 Å².